The van der Waals surface area contributed by atoms with Crippen LogP contribution in [-0.4, -0.2) is 23.5 Å². The van der Waals surface area contributed by atoms with Gasteiger partial charge in [0.15, 0.2) is 0 Å². The molecule has 0 spiro atoms. The standard InChI is InChI=1S/C12H20N2O3/c1-5-6-7-13-16-11(15)12(4)8-10(9(2)3)14-17-12/h7,9H,5-6,8H2,1-4H3/b13-7+. The highest BCUT2D eigenvalue weighted by atomic mass is 16.7. The summed E-state index contributed by atoms with van der Waals surface area (Å²) in [7, 11) is 0. The molecule has 5 nitrogen and oxygen atoms in total. The lowest BCUT2D eigenvalue weighted by Crippen LogP contribution is -2.36. The fourth-order valence-electron chi connectivity index (χ4n) is 1.35. The average Bonchev–Trinajstić information content (AvgIpc) is 2.68. The van der Waals surface area contributed by atoms with E-state index in [1.807, 2.05) is 20.8 Å². The zero-order chi connectivity index (χ0) is 12.9. The van der Waals surface area contributed by atoms with E-state index in [4.69, 9.17) is 9.68 Å². The monoisotopic (exact) mass is 240 g/mol. The molecule has 1 rings (SSSR count). The van der Waals surface area contributed by atoms with E-state index < -0.39 is 11.6 Å². The Kier molecular flexibility index (Phi) is 4.66. The molecular weight excluding hydrogens is 220 g/mol. The fraction of sp³-hybridized carbons (Fsp3) is 0.750. The number of hydrogen-bond acceptors (Lipinski definition) is 5. The van der Waals surface area contributed by atoms with E-state index in [9.17, 15) is 4.79 Å². The number of unbranched alkanes of at least 4 members (excludes halogenated alkanes) is 1. The molecule has 0 aliphatic carbocycles. The molecule has 1 unspecified atom stereocenters. The van der Waals surface area contributed by atoms with Crippen LogP contribution in [0, 0.1) is 5.92 Å². The minimum absolute atomic E-state index is 0.271. The smallest absolute Gasteiger partial charge is 0.377 e. The average molecular weight is 240 g/mol. The number of nitrogens with zero attached hydrogens (tertiary/aromatic N) is 2. The summed E-state index contributed by atoms with van der Waals surface area (Å²) in [4.78, 5) is 21.7. The Hall–Kier alpha value is -1.39. The van der Waals surface area contributed by atoms with Crippen LogP contribution in [0.4, 0.5) is 0 Å². The molecule has 0 bridgehead atoms. The van der Waals surface area contributed by atoms with Crippen molar-refractivity contribution in [1.29, 1.82) is 0 Å². The van der Waals surface area contributed by atoms with Crippen LogP contribution in [0.1, 0.15) is 47.0 Å². The van der Waals surface area contributed by atoms with Crippen LogP contribution in [0.3, 0.4) is 0 Å². The highest BCUT2D eigenvalue weighted by Gasteiger charge is 2.44. The van der Waals surface area contributed by atoms with Gasteiger partial charge in [0.1, 0.15) is 0 Å². The van der Waals surface area contributed by atoms with Crippen LogP contribution in [0.5, 0.6) is 0 Å². The van der Waals surface area contributed by atoms with Gasteiger partial charge in [0, 0.05) is 12.6 Å². The summed E-state index contributed by atoms with van der Waals surface area (Å²) >= 11 is 0. The van der Waals surface area contributed by atoms with Crippen LogP contribution in [0.2, 0.25) is 0 Å². The minimum Gasteiger partial charge on any atom is -0.377 e. The van der Waals surface area contributed by atoms with Crippen LogP contribution < -0.4 is 0 Å². The van der Waals surface area contributed by atoms with E-state index in [0.717, 1.165) is 18.6 Å². The number of hydrogen-bond donors (Lipinski definition) is 0. The molecule has 0 amide bonds. The van der Waals surface area contributed by atoms with Gasteiger partial charge in [-0.05, 0) is 19.3 Å². The predicted molar refractivity (Wildman–Crippen MR) is 65.9 cm³/mol. The van der Waals surface area contributed by atoms with Gasteiger partial charge in [-0.1, -0.05) is 37.5 Å². The zero-order valence-electron chi connectivity index (χ0n) is 10.9. The van der Waals surface area contributed by atoms with E-state index in [1.165, 1.54) is 0 Å². The first-order valence-corrected chi connectivity index (χ1v) is 5.98. The molecule has 0 radical (unpaired) electrons. The van der Waals surface area contributed by atoms with Gasteiger partial charge in [0.2, 0.25) is 5.60 Å². The third-order valence-electron chi connectivity index (χ3n) is 2.61. The molecular formula is C12H20N2O3. The fourth-order valence-corrected chi connectivity index (χ4v) is 1.35. The first-order valence-electron chi connectivity index (χ1n) is 5.98. The van der Waals surface area contributed by atoms with E-state index in [2.05, 4.69) is 10.3 Å². The third kappa shape index (κ3) is 3.54. The molecule has 1 aliphatic rings. The van der Waals surface area contributed by atoms with Crippen molar-refractivity contribution in [2.45, 2.75) is 52.6 Å². The Morgan fingerprint density at radius 1 is 1.71 bits per heavy atom. The largest absolute Gasteiger partial charge is 0.381 e. The van der Waals surface area contributed by atoms with Crippen LogP contribution in [0.25, 0.3) is 0 Å². The van der Waals surface area contributed by atoms with Crippen molar-refractivity contribution in [1.82, 2.24) is 0 Å². The Bertz CT molecular complexity index is 337. The summed E-state index contributed by atoms with van der Waals surface area (Å²) in [5.41, 5.74) is -0.148. The molecule has 5 heteroatoms. The molecule has 1 aliphatic heterocycles. The van der Waals surface area contributed by atoms with E-state index in [0.29, 0.717) is 6.42 Å². The normalized spacial score (nSPS) is 23.9. The van der Waals surface area contributed by atoms with Crippen molar-refractivity contribution in [2.75, 3.05) is 0 Å². The molecule has 0 aromatic carbocycles. The first-order chi connectivity index (χ1) is 7.99. The molecule has 0 N–H and O–H groups in total. The Morgan fingerprint density at radius 2 is 2.41 bits per heavy atom. The maximum absolute atomic E-state index is 11.8. The lowest BCUT2D eigenvalue weighted by molar-refractivity contribution is -0.167. The summed E-state index contributed by atoms with van der Waals surface area (Å²) in [5.74, 6) is -0.225. The number of oxime groups is 2. The van der Waals surface area contributed by atoms with Crippen molar-refractivity contribution in [3.63, 3.8) is 0 Å². The Labute approximate surface area is 102 Å². The Morgan fingerprint density at radius 3 is 2.94 bits per heavy atom. The second-order valence-electron chi connectivity index (χ2n) is 4.69. The van der Waals surface area contributed by atoms with E-state index in [1.54, 1.807) is 13.1 Å². The third-order valence-corrected chi connectivity index (χ3v) is 2.61. The summed E-state index contributed by atoms with van der Waals surface area (Å²) < 4.78 is 0. The molecule has 17 heavy (non-hydrogen) atoms. The highest BCUT2D eigenvalue weighted by Crippen LogP contribution is 2.27. The summed E-state index contributed by atoms with van der Waals surface area (Å²) in [6, 6.07) is 0. The SMILES string of the molecule is CCC/C=N/OC(=O)C1(C)CC(C(C)C)=NO1. The van der Waals surface area contributed by atoms with Gasteiger partial charge >= 0.3 is 5.97 Å². The molecule has 96 valence electrons. The zero-order valence-corrected chi connectivity index (χ0v) is 10.9. The van der Waals surface area contributed by atoms with Crippen molar-refractivity contribution in [3.8, 4) is 0 Å². The Balaban J connectivity index is 2.48. The van der Waals surface area contributed by atoms with Gasteiger partial charge in [-0.15, -0.1) is 0 Å². The molecule has 0 saturated heterocycles. The lowest BCUT2D eigenvalue weighted by atomic mass is 9.94. The van der Waals surface area contributed by atoms with Gasteiger partial charge in [0.25, 0.3) is 0 Å². The van der Waals surface area contributed by atoms with Gasteiger partial charge in [0.05, 0.1) is 5.71 Å². The van der Waals surface area contributed by atoms with Gasteiger partial charge in [-0.25, -0.2) is 4.79 Å². The predicted octanol–water partition coefficient (Wildman–Crippen LogP) is 2.51. The molecule has 0 fully saturated rings. The maximum atomic E-state index is 11.8. The molecule has 0 aromatic heterocycles. The van der Waals surface area contributed by atoms with Gasteiger partial charge in [-0.2, -0.15) is 0 Å². The van der Waals surface area contributed by atoms with Crippen LogP contribution in [-0.2, 0) is 14.5 Å². The summed E-state index contributed by atoms with van der Waals surface area (Å²) in [6.45, 7) is 7.72. The topological polar surface area (TPSA) is 60.2 Å². The molecule has 1 atom stereocenters. The molecule has 0 saturated carbocycles. The van der Waals surface area contributed by atoms with Crippen molar-refractivity contribution >= 4 is 17.9 Å². The number of carbonyl (C=O) groups is 1. The van der Waals surface area contributed by atoms with Gasteiger partial charge in [-0.3, -0.25) is 0 Å². The number of rotatable bonds is 5. The maximum Gasteiger partial charge on any atom is 0.381 e. The summed E-state index contributed by atoms with van der Waals surface area (Å²) in [5, 5.41) is 7.53. The minimum atomic E-state index is -1.02. The highest BCUT2D eigenvalue weighted by molar-refractivity contribution is 5.94. The van der Waals surface area contributed by atoms with Gasteiger partial charge < -0.3 is 9.68 Å². The van der Waals surface area contributed by atoms with Crippen molar-refractivity contribution in [3.05, 3.63) is 0 Å². The molecule has 0 aromatic rings. The number of carbonyl (C=O) groups excluding carboxylic acids is 1. The second-order valence-corrected chi connectivity index (χ2v) is 4.69. The lowest BCUT2D eigenvalue weighted by Gasteiger charge is -2.16. The van der Waals surface area contributed by atoms with E-state index in [-0.39, 0.29) is 5.92 Å². The van der Waals surface area contributed by atoms with Crippen molar-refractivity contribution in [2.24, 2.45) is 16.2 Å². The summed E-state index contributed by atoms with van der Waals surface area (Å²) in [6.07, 6.45) is 3.81. The first kappa shape index (κ1) is 13.7. The van der Waals surface area contributed by atoms with E-state index >= 15 is 0 Å². The quantitative estimate of drug-likeness (QED) is 0.421. The molecule has 1 heterocycles. The van der Waals surface area contributed by atoms with Crippen LogP contribution in [0.15, 0.2) is 10.3 Å². The van der Waals surface area contributed by atoms with Crippen LogP contribution >= 0.6 is 0 Å². The van der Waals surface area contributed by atoms with Crippen molar-refractivity contribution < 1.29 is 14.5 Å². The second kappa shape index (κ2) is 5.80.